The molecular formula is C56H108O6. The van der Waals surface area contributed by atoms with Crippen LogP contribution in [-0.2, 0) is 28.6 Å². The van der Waals surface area contributed by atoms with Crippen LogP contribution in [0, 0.1) is 11.8 Å². The van der Waals surface area contributed by atoms with Gasteiger partial charge in [0.15, 0.2) is 6.10 Å². The van der Waals surface area contributed by atoms with Gasteiger partial charge in [0.25, 0.3) is 0 Å². The highest BCUT2D eigenvalue weighted by molar-refractivity contribution is 5.71. The van der Waals surface area contributed by atoms with E-state index in [9.17, 15) is 14.4 Å². The van der Waals surface area contributed by atoms with Crippen molar-refractivity contribution in [2.75, 3.05) is 13.2 Å². The molecule has 0 radical (unpaired) electrons. The SMILES string of the molecule is CCCCCCCCCC(=O)OC[C@H](COC(=O)CCCCCCCCCCCCCCCCCCCCC(C)CC)OC(=O)CCCCCCCCCCCCCCC(C)C. The Morgan fingerprint density at radius 3 is 0.919 bits per heavy atom. The van der Waals surface area contributed by atoms with Gasteiger partial charge in [-0.25, -0.2) is 0 Å². The van der Waals surface area contributed by atoms with Crippen LogP contribution in [-0.4, -0.2) is 37.2 Å². The lowest BCUT2D eigenvalue weighted by atomic mass is 9.99. The number of carbonyl (C=O) groups is 3. The third-order valence-corrected chi connectivity index (χ3v) is 13.1. The van der Waals surface area contributed by atoms with Crippen LogP contribution in [0.4, 0.5) is 0 Å². The van der Waals surface area contributed by atoms with Gasteiger partial charge in [-0.1, -0.05) is 272 Å². The quantitative estimate of drug-likeness (QED) is 0.0344. The molecular weight excluding hydrogens is 769 g/mol. The molecule has 0 aromatic rings. The van der Waals surface area contributed by atoms with Crippen LogP contribution in [0.5, 0.6) is 0 Å². The molecule has 0 heterocycles. The molecule has 62 heavy (non-hydrogen) atoms. The molecule has 6 nitrogen and oxygen atoms in total. The van der Waals surface area contributed by atoms with Crippen molar-refractivity contribution in [3.63, 3.8) is 0 Å². The van der Waals surface area contributed by atoms with Crippen molar-refractivity contribution in [3.8, 4) is 0 Å². The molecule has 0 saturated carbocycles. The highest BCUT2D eigenvalue weighted by atomic mass is 16.6. The maximum atomic E-state index is 12.8. The molecule has 0 saturated heterocycles. The van der Waals surface area contributed by atoms with Crippen LogP contribution in [0.15, 0.2) is 0 Å². The molecule has 0 aliphatic rings. The van der Waals surface area contributed by atoms with E-state index in [2.05, 4.69) is 34.6 Å². The number of ether oxygens (including phenoxy) is 3. The zero-order valence-corrected chi connectivity index (χ0v) is 42.5. The number of hydrogen-bond donors (Lipinski definition) is 0. The fourth-order valence-electron chi connectivity index (χ4n) is 8.49. The van der Waals surface area contributed by atoms with E-state index in [1.54, 1.807) is 0 Å². The summed E-state index contributed by atoms with van der Waals surface area (Å²) >= 11 is 0. The minimum absolute atomic E-state index is 0.0635. The highest BCUT2D eigenvalue weighted by Gasteiger charge is 2.19. The molecule has 368 valence electrons. The first-order valence-corrected chi connectivity index (χ1v) is 27.8. The number of esters is 3. The zero-order chi connectivity index (χ0) is 45.4. The van der Waals surface area contributed by atoms with Crippen molar-refractivity contribution >= 4 is 17.9 Å². The Labute approximate surface area is 387 Å². The summed E-state index contributed by atoms with van der Waals surface area (Å²) in [5, 5.41) is 0. The lowest BCUT2D eigenvalue weighted by Crippen LogP contribution is -2.30. The van der Waals surface area contributed by atoms with Crippen molar-refractivity contribution in [2.24, 2.45) is 11.8 Å². The van der Waals surface area contributed by atoms with Gasteiger partial charge >= 0.3 is 17.9 Å². The lowest BCUT2D eigenvalue weighted by molar-refractivity contribution is -0.167. The molecule has 0 fully saturated rings. The Hall–Kier alpha value is -1.59. The second-order valence-corrected chi connectivity index (χ2v) is 19.9. The normalized spacial score (nSPS) is 12.5. The van der Waals surface area contributed by atoms with Gasteiger partial charge in [0.2, 0.25) is 0 Å². The molecule has 0 aromatic carbocycles. The maximum absolute atomic E-state index is 12.8. The van der Waals surface area contributed by atoms with Crippen molar-refractivity contribution in [1.29, 1.82) is 0 Å². The van der Waals surface area contributed by atoms with E-state index in [-0.39, 0.29) is 31.1 Å². The molecule has 0 spiro atoms. The van der Waals surface area contributed by atoms with Gasteiger partial charge in [-0.3, -0.25) is 14.4 Å². The predicted octanol–water partition coefficient (Wildman–Crippen LogP) is 18.1. The summed E-state index contributed by atoms with van der Waals surface area (Å²) in [5.74, 6) is 0.892. The Morgan fingerprint density at radius 2 is 0.613 bits per heavy atom. The Bertz CT molecular complexity index is 949. The molecule has 0 amide bonds. The minimum atomic E-state index is -0.761. The minimum Gasteiger partial charge on any atom is -0.462 e. The molecule has 0 bridgehead atoms. The second kappa shape index (κ2) is 48.9. The third kappa shape index (κ3) is 47.9. The lowest BCUT2D eigenvalue weighted by Gasteiger charge is -2.18. The van der Waals surface area contributed by atoms with E-state index in [1.165, 1.54) is 199 Å². The van der Waals surface area contributed by atoms with E-state index in [0.29, 0.717) is 19.3 Å². The number of rotatable bonds is 50. The van der Waals surface area contributed by atoms with E-state index < -0.39 is 6.10 Å². The Kier molecular flexibility index (Phi) is 47.6. The summed E-state index contributed by atoms with van der Waals surface area (Å²) in [6.07, 6.45) is 51.1. The molecule has 2 atom stereocenters. The third-order valence-electron chi connectivity index (χ3n) is 13.1. The van der Waals surface area contributed by atoms with Crippen LogP contribution in [0.1, 0.15) is 311 Å². The van der Waals surface area contributed by atoms with E-state index in [4.69, 9.17) is 14.2 Å². The first-order chi connectivity index (χ1) is 30.3. The van der Waals surface area contributed by atoms with Crippen LogP contribution in [0.2, 0.25) is 0 Å². The average Bonchev–Trinajstić information content (AvgIpc) is 3.26. The molecule has 0 N–H and O–H groups in total. The van der Waals surface area contributed by atoms with Gasteiger partial charge in [0.05, 0.1) is 0 Å². The first kappa shape index (κ1) is 60.4. The largest absolute Gasteiger partial charge is 0.462 e. The average molecular weight is 877 g/mol. The van der Waals surface area contributed by atoms with Crippen molar-refractivity contribution < 1.29 is 28.6 Å². The summed E-state index contributed by atoms with van der Waals surface area (Å²) < 4.78 is 16.8. The summed E-state index contributed by atoms with van der Waals surface area (Å²) in [7, 11) is 0. The monoisotopic (exact) mass is 877 g/mol. The molecule has 0 rings (SSSR count). The van der Waals surface area contributed by atoms with Gasteiger partial charge in [-0.15, -0.1) is 0 Å². The summed E-state index contributed by atoms with van der Waals surface area (Å²) in [6.45, 7) is 11.4. The molecule has 0 aliphatic carbocycles. The van der Waals surface area contributed by atoms with Gasteiger partial charge in [-0.2, -0.15) is 0 Å². The summed E-state index contributed by atoms with van der Waals surface area (Å²) in [5.41, 5.74) is 0. The molecule has 0 aromatic heterocycles. The van der Waals surface area contributed by atoms with Crippen LogP contribution < -0.4 is 0 Å². The highest BCUT2D eigenvalue weighted by Crippen LogP contribution is 2.18. The fraction of sp³-hybridized carbons (Fsp3) is 0.946. The first-order valence-electron chi connectivity index (χ1n) is 27.8. The van der Waals surface area contributed by atoms with Crippen molar-refractivity contribution in [3.05, 3.63) is 0 Å². The van der Waals surface area contributed by atoms with E-state index >= 15 is 0 Å². The maximum Gasteiger partial charge on any atom is 0.306 e. The smallest absolute Gasteiger partial charge is 0.306 e. The van der Waals surface area contributed by atoms with E-state index in [0.717, 1.165) is 69.6 Å². The molecule has 6 heteroatoms. The van der Waals surface area contributed by atoms with Gasteiger partial charge < -0.3 is 14.2 Å². The van der Waals surface area contributed by atoms with Gasteiger partial charge in [0, 0.05) is 19.3 Å². The van der Waals surface area contributed by atoms with Gasteiger partial charge in [0.1, 0.15) is 13.2 Å². The Morgan fingerprint density at radius 1 is 0.339 bits per heavy atom. The van der Waals surface area contributed by atoms with Crippen LogP contribution >= 0.6 is 0 Å². The molecule has 0 aliphatic heterocycles. The van der Waals surface area contributed by atoms with E-state index in [1.807, 2.05) is 0 Å². The topological polar surface area (TPSA) is 78.9 Å². The molecule has 1 unspecified atom stereocenters. The van der Waals surface area contributed by atoms with Crippen LogP contribution in [0.25, 0.3) is 0 Å². The number of carbonyl (C=O) groups excluding carboxylic acids is 3. The van der Waals surface area contributed by atoms with Gasteiger partial charge in [-0.05, 0) is 31.1 Å². The van der Waals surface area contributed by atoms with Crippen molar-refractivity contribution in [1.82, 2.24) is 0 Å². The second-order valence-electron chi connectivity index (χ2n) is 19.9. The van der Waals surface area contributed by atoms with Crippen molar-refractivity contribution in [2.45, 2.75) is 317 Å². The summed E-state index contributed by atoms with van der Waals surface area (Å²) in [4.78, 5) is 37.9. The number of hydrogen-bond acceptors (Lipinski definition) is 6. The van der Waals surface area contributed by atoms with Crippen LogP contribution in [0.3, 0.4) is 0 Å². The predicted molar refractivity (Wildman–Crippen MR) is 266 cm³/mol. The standard InChI is InChI=1S/C56H108O6/c1-6-8-9-10-29-36-41-46-54(57)60-49-53(62-56(59)48-43-38-33-28-24-20-19-21-25-30-34-39-44-51(3)4)50-61-55(58)47-42-37-32-27-23-18-16-14-12-11-13-15-17-22-26-31-35-40-45-52(5)7-2/h51-53H,6-50H2,1-5H3/t52?,53-/m1/s1. The number of unbranched alkanes of at least 4 members (excludes halogenated alkanes) is 34. The zero-order valence-electron chi connectivity index (χ0n) is 42.5. The Balaban J connectivity index is 4.12. The summed E-state index contributed by atoms with van der Waals surface area (Å²) in [6, 6.07) is 0. The fourth-order valence-corrected chi connectivity index (χ4v) is 8.49.